The molecule has 0 saturated carbocycles. The van der Waals surface area contributed by atoms with E-state index in [0.29, 0.717) is 19.3 Å². The van der Waals surface area contributed by atoms with Gasteiger partial charge in [0.15, 0.2) is 6.10 Å². The van der Waals surface area contributed by atoms with Gasteiger partial charge in [-0.3, -0.25) is 14.4 Å². The minimum absolute atomic E-state index is 0.104. The molecule has 0 aliphatic rings. The maximum Gasteiger partial charge on any atom is 0.309 e. The molecular formula is C53H76O6. The molecule has 0 aromatic heterocycles. The summed E-state index contributed by atoms with van der Waals surface area (Å²) in [6.07, 6.45) is 67.0. The van der Waals surface area contributed by atoms with Gasteiger partial charge in [0.25, 0.3) is 0 Å². The summed E-state index contributed by atoms with van der Waals surface area (Å²) >= 11 is 0. The zero-order valence-corrected chi connectivity index (χ0v) is 36.7. The Kier molecular flexibility index (Phi) is 41.9. The van der Waals surface area contributed by atoms with Crippen LogP contribution in [0.5, 0.6) is 0 Å². The molecule has 0 aromatic carbocycles. The van der Waals surface area contributed by atoms with Gasteiger partial charge in [0.2, 0.25) is 0 Å². The first-order valence-corrected chi connectivity index (χ1v) is 22.1. The molecule has 0 rings (SSSR count). The topological polar surface area (TPSA) is 78.9 Å². The third-order valence-corrected chi connectivity index (χ3v) is 8.17. The van der Waals surface area contributed by atoms with Crippen LogP contribution in [-0.2, 0) is 28.6 Å². The number of esters is 3. The summed E-state index contributed by atoms with van der Waals surface area (Å²) in [5, 5.41) is 0. The van der Waals surface area contributed by atoms with Crippen LogP contribution in [0.1, 0.15) is 136 Å². The molecule has 59 heavy (non-hydrogen) atoms. The first-order chi connectivity index (χ1) is 29.0. The van der Waals surface area contributed by atoms with Crippen LogP contribution in [0, 0.1) is 0 Å². The van der Waals surface area contributed by atoms with E-state index in [1.165, 1.54) is 0 Å². The second-order valence-electron chi connectivity index (χ2n) is 13.6. The van der Waals surface area contributed by atoms with Crippen molar-refractivity contribution in [1.29, 1.82) is 0 Å². The summed E-state index contributed by atoms with van der Waals surface area (Å²) in [5.74, 6) is -1.22. The summed E-state index contributed by atoms with van der Waals surface area (Å²) in [7, 11) is 0. The van der Waals surface area contributed by atoms with Crippen LogP contribution in [0.25, 0.3) is 0 Å². The van der Waals surface area contributed by atoms with Crippen LogP contribution < -0.4 is 0 Å². The third kappa shape index (κ3) is 44.0. The van der Waals surface area contributed by atoms with Gasteiger partial charge in [0, 0.05) is 12.8 Å². The SMILES string of the molecule is CC\C=C/C=C\C=C/C=C\C=C/CCCC(=O)OC(COC(=O)C/C=C\C/C=C\C/C=C\CC)COC(=O)CCCCC/C=C\C/C=C\C/C=C\C/C=C\C/C=C\CC. The molecule has 6 heteroatoms. The Morgan fingerprint density at radius 1 is 0.373 bits per heavy atom. The largest absolute Gasteiger partial charge is 0.462 e. The van der Waals surface area contributed by atoms with Gasteiger partial charge in [-0.25, -0.2) is 0 Å². The van der Waals surface area contributed by atoms with E-state index >= 15 is 0 Å². The summed E-state index contributed by atoms with van der Waals surface area (Å²) < 4.78 is 16.5. The van der Waals surface area contributed by atoms with Crippen LogP contribution in [0.15, 0.2) is 158 Å². The van der Waals surface area contributed by atoms with Crippen LogP contribution in [0.3, 0.4) is 0 Å². The molecule has 324 valence electrons. The molecule has 1 unspecified atom stereocenters. The first-order valence-electron chi connectivity index (χ1n) is 22.1. The van der Waals surface area contributed by atoms with Crippen LogP contribution in [0.4, 0.5) is 0 Å². The van der Waals surface area contributed by atoms with Gasteiger partial charge in [0.1, 0.15) is 13.2 Å². The molecule has 0 saturated heterocycles. The molecule has 0 fully saturated rings. The zero-order valence-electron chi connectivity index (χ0n) is 36.7. The highest BCUT2D eigenvalue weighted by molar-refractivity contribution is 5.72. The Balaban J connectivity index is 4.61. The van der Waals surface area contributed by atoms with Gasteiger partial charge < -0.3 is 14.2 Å². The molecule has 0 radical (unpaired) electrons. The Morgan fingerprint density at radius 3 is 1.31 bits per heavy atom. The smallest absolute Gasteiger partial charge is 0.309 e. The Bertz CT molecular complexity index is 1440. The molecule has 0 aliphatic carbocycles. The standard InChI is InChI=1S/C53H76O6/c1-4-7-10-13-16-19-21-23-24-25-26-27-28-30-31-34-37-40-43-46-52(55)58-49-50(48-57-51(54)45-42-39-36-33-18-15-12-9-6-3)59-53(56)47-44-41-38-35-32-29-22-20-17-14-11-8-5-2/h7-12,14,16-20,22-24,26-27,29-33,35,38-39,42,50H,4-6,13,15,21,25,28,34,36-37,40-41,43-49H2,1-3H3/b10-7-,11-8-,12-9-,17-14-,19-16-,22-20-,24-23-,27-26-,31-30-,32-29-,33-18-,38-35-,42-39-. The van der Waals surface area contributed by atoms with Gasteiger partial charge in [-0.15, -0.1) is 0 Å². The average molecular weight is 809 g/mol. The Hall–Kier alpha value is -4.97. The van der Waals surface area contributed by atoms with Crippen molar-refractivity contribution in [2.45, 2.75) is 142 Å². The Labute approximate surface area is 359 Å². The van der Waals surface area contributed by atoms with Crippen LogP contribution in [0.2, 0.25) is 0 Å². The number of unbranched alkanes of at least 4 members (excludes halogenated alkanes) is 4. The normalized spacial score (nSPS) is 13.6. The number of carbonyl (C=O) groups excluding carboxylic acids is 3. The maximum absolute atomic E-state index is 12.7. The van der Waals surface area contributed by atoms with E-state index in [4.69, 9.17) is 14.2 Å². The Morgan fingerprint density at radius 2 is 0.780 bits per heavy atom. The number of hydrogen-bond acceptors (Lipinski definition) is 6. The van der Waals surface area contributed by atoms with Crippen molar-refractivity contribution in [3.8, 4) is 0 Å². The first kappa shape index (κ1) is 54.0. The maximum atomic E-state index is 12.7. The highest BCUT2D eigenvalue weighted by Gasteiger charge is 2.19. The monoisotopic (exact) mass is 809 g/mol. The lowest BCUT2D eigenvalue weighted by atomic mass is 10.1. The number of ether oxygens (including phenoxy) is 3. The van der Waals surface area contributed by atoms with Crippen molar-refractivity contribution in [2.75, 3.05) is 13.2 Å². The predicted octanol–water partition coefficient (Wildman–Crippen LogP) is 14.3. The molecular weight excluding hydrogens is 733 g/mol. The van der Waals surface area contributed by atoms with Gasteiger partial charge in [0.05, 0.1) is 6.42 Å². The van der Waals surface area contributed by atoms with E-state index in [0.717, 1.165) is 77.0 Å². The van der Waals surface area contributed by atoms with Crippen molar-refractivity contribution < 1.29 is 28.6 Å². The molecule has 0 bridgehead atoms. The van der Waals surface area contributed by atoms with E-state index in [9.17, 15) is 14.4 Å². The second-order valence-corrected chi connectivity index (χ2v) is 13.6. The van der Waals surface area contributed by atoms with Gasteiger partial charge in [-0.2, -0.15) is 0 Å². The lowest BCUT2D eigenvalue weighted by Gasteiger charge is -2.18. The van der Waals surface area contributed by atoms with Crippen molar-refractivity contribution in [3.05, 3.63) is 158 Å². The fourth-order valence-corrected chi connectivity index (χ4v) is 4.97. The molecule has 1 atom stereocenters. The summed E-state index contributed by atoms with van der Waals surface area (Å²) in [5.41, 5.74) is 0. The summed E-state index contributed by atoms with van der Waals surface area (Å²) in [4.78, 5) is 37.6. The molecule has 0 amide bonds. The number of hydrogen-bond donors (Lipinski definition) is 0. The van der Waals surface area contributed by atoms with Crippen molar-refractivity contribution in [2.24, 2.45) is 0 Å². The number of allylic oxidation sites excluding steroid dienone is 25. The van der Waals surface area contributed by atoms with E-state index in [2.05, 4.69) is 112 Å². The summed E-state index contributed by atoms with van der Waals surface area (Å²) in [6, 6.07) is 0. The molecule has 0 aromatic rings. The number of carbonyl (C=O) groups is 3. The molecule has 0 aliphatic heterocycles. The van der Waals surface area contributed by atoms with E-state index in [1.54, 1.807) is 6.08 Å². The minimum atomic E-state index is -0.870. The molecule has 0 spiro atoms. The predicted molar refractivity (Wildman–Crippen MR) is 251 cm³/mol. The van der Waals surface area contributed by atoms with Crippen LogP contribution in [-0.4, -0.2) is 37.2 Å². The molecule has 0 N–H and O–H groups in total. The highest BCUT2D eigenvalue weighted by atomic mass is 16.6. The molecule has 0 heterocycles. The average Bonchev–Trinajstić information content (AvgIpc) is 3.23. The van der Waals surface area contributed by atoms with E-state index in [-0.39, 0.29) is 38.4 Å². The fraction of sp³-hybridized carbons (Fsp3) is 0.453. The van der Waals surface area contributed by atoms with Gasteiger partial charge in [-0.05, 0) is 89.9 Å². The quantitative estimate of drug-likeness (QED) is 0.0206. The third-order valence-electron chi connectivity index (χ3n) is 8.17. The van der Waals surface area contributed by atoms with Gasteiger partial charge >= 0.3 is 17.9 Å². The highest BCUT2D eigenvalue weighted by Crippen LogP contribution is 2.09. The lowest BCUT2D eigenvalue weighted by Crippen LogP contribution is -2.30. The summed E-state index contributed by atoms with van der Waals surface area (Å²) in [6.45, 7) is 6.01. The van der Waals surface area contributed by atoms with E-state index in [1.807, 2.05) is 60.8 Å². The van der Waals surface area contributed by atoms with Gasteiger partial charge in [-0.1, -0.05) is 185 Å². The van der Waals surface area contributed by atoms with E-state index < -0.39 is 18.0 Å². The molecule has 6 nitrogen and oxygen atoms in total. The lowest BCUT2D eigenvalue weighted by molar-refractivity contribution is -0.166. The zero-order chi connectivity index (χ0) is 43.0. The van der Waals surface area contributed by atoms with Crippen molar-refractivity contribution >= 4 is 17.9 Å². The number of rotatable bonds is 36. The van der Waals surface area contributed by atoms with Crippen molar-refractivity contribution in [3.63, 3.8) is 0 Å². The fourth-order valence-electron chi connectivity index (χ4n) is 4.97. The second kappa shape index (κ2) is 45.7. The minimum Gasteiger partial charge on any atom is -0.462 e. The van der Waals surface area contributed by atoms with Crippen LogP contribution >= 0.6 is 0 Å². The van der Waals surface area contributed by atoms with Crippen molar-refractivity contribution in [1.82, 2.24) is 0 Å².